The average Bonchev–Trinajstić information content (AvgIpc) is 2.64. The van der Waals surface area contributed by atoms with Crippen molar-refractivity contribution in [3.8, 4) is 0 Å². The second kappa shape index (κ2) is 7.96. The molecule has 0 saturated heterocycles. The van der Waals surface area contributed by atoms with Gasteiger partial charge in [-0.05, 0) is 48.0 Å². The summed E-state index contributed by atoms with van der Waals surface area (Å²) in [7, 11) is 0. The summed E-state index contributed by atoms with van der Waals surface area (Å²) in [6.07, 6.45) is 5.05. The number of anilines is 2. The number of carbonyl (C=O) groups is 1. The van der Waals surface area contributed by atoms with Gasteiger partial charge in [0, 0.05) is 36.5 Å². The summed E-state index contributed by atoms with van der Waals surface area (Å²) in [5, 5.41) is 6.80. The van der Waals surface area contributed by atoms with Gasteiger partial charge < -0.3 is 10.6 Å². The van der Waals surface area contributed by atoms with Crippen molar-refractivity contribution in [1.82, 2.24) is 9.97 Å². The van der Waals surface area contributed by atoms with Gasteiger partial charge in [-0.3, -0.25) is 14.8 Å². The van der Waals surface area contributed by atoms with Gasteiger partial charge in [0.25, 0.3) is 5.91 Å². The molecule has 0 unspecified atom stereocenters. The minimum absolute atomic E-state index is 0.297. The minimum Gasteiger partial charge on any atom is -0.381 e. The Hall–Kier alpha value is -2.63. The molecule has 3 rings (SSSR count). The van der Waals surface area contributed by atoms with Crippen LogP contribution < -0.4 is 10.6 Å². The lowest BCUT2D eigenvalue weighted by atomic mass is 10.2. The largest absolute Gasteiger partial charge is 0.381 e. The Morgan fingerprint density at radius 3 is 2.48 bits per heavy atom. The third kappa shape index (κ3) is 4.68. The molecule has 3 aromatic rings. The average molecular weight is 373 g/mol. The highest BCUT2D eigenvalue weighted by Crippen LogP contribution is 2.25. The van der Waals surface area contributed by atoms with Crippen molar-refractivity contribution in [3.63, 3.8) is 0 Å². The van der Waals surface area contributed by atoms with Crippen LogP contribution in [0.4, 0.5) is 11.4 Å². The van der Waals surface area contributed by atoms with E-state index in [1.807, 2.05) is 12.1 Å². The summed E-state index contributed by atoms with van der Waals surface area (Å²) in [6, 6.07) is 12.2. The van der Waals surface area contributed by atoms with Crippen molar-refractivity contribution in [3.05, 3.63) is 82.4 Å². The van der Waals surface area contributed by atoms with Gasteiger partial charge >= 0.3 is 0 Å². The topological polar surface area (TPSA) is 66.9 Å². The minimum atomic E-state index is -0.328. The number of benzene rings is 1. The lowest BCUT2D eigenvalue weighted by Gasteiger charge is -2.09. The molecule has 5 nitrogen and oxygen atoms in total. The lowest BCUT2D eigenvalue weighted by molar-refractivity contribution is 0.102. The summed E-state index contributed by atoms with van der Waals surface area (Å²) < 4.78 is 0. The molecule has 0 spiro atoms. The quantitative estimate of drug-likeness (QED) is 0.683. The molecular weight excluding hydrogens is 359 g/mol. The zero-order valence-electron chi connectivity index (χ0n) is 13.0. The van der Waals surface area contributed by atoms with Crippen LogP contribution in [0.3, 0.4) is 0 Å². The standard InChI is InChI=1S/C18H14Cl2N4O/c19-15-2-1-14(9-16(15)20)24-18(25)17-10-13(5-8-22-17)23-11-12-3-6-21-7-4-12/h1-10H,11H2,(H,22,23)(H,24,25). The Balaban J connectivity index is 1.67. The molecule has 0 aliphatic heterocycles. The first-order chi connectivity index (χ1) is 12.1. The number of carbonyl (C=O) groups excluding carboxylic acids is 1. The van der Waals surface area contributed by atoms with Crippen molar-refractivity contribution in [2.24, 2.45) is 0 Å². The smallest absolute Gasteiger partial charge is 0.274 e. The van der Waals surface area contributed by atoms with Crippen molar-refractivity contribution in [1.29, 1.82) is 0 Å². The van der Waals surface area contributed by atoms with E-state index >= 15 is 0 Å². The zero-order valence-corrected chi connectivity index (χ0v) is 14.6. The number of aromatic nitrogens is 2. The van der Waals surface area contributed by atoms with Gasteiger partial charge in [-0.25, -0.2) is 0 Å². The van der Waals surface area contributed by atoms with Crippen molar-refractivity contribution in [2.75, 3.05) is 10.6 Å². The number of hydrogen-bond acceptors (Lipinski definition) is 4. The normalized spacial score (nSPS) is 10.3. The van der Waals surface area contributed by atoms with Crippen LogP contribution in [0, 0.1) is 0 Å². The number of rotatable bonds is 5. The molecule has 126 valence electrons. The molecule has 0 bridgehead atoms. The van der Waals surface area contributed by atoms with E-state index in [4.69, 9.17) is 23.2 Å². The van der Waals surface area contributed by atoms with Gasteiger partial charge in [0.05, 0.1) is 10.0 Å². The first-order valence-electron chi connectivity index (χ1n) is 7.47. The second-order valence-corrected chi connectivity index (χ2v) is 6.04. The van der Waals surface area contributed by atoms with E-state index in [9.17, 15) is 4.79 Å². The van der Waals surface area contributed by atoms with Gasteiger partial charge in [0.15, 0.2) is 0 Å². The number of nitrogens with one attached hydrogen (secondary N) is 2. The predicted molar refractivity (Wildman–Crippen MR) is 100 cm³/mol. The van der Waals surface area contributed by atoms with E-state index in [1.54, 1.807) is 48.9 Å². The highest BCUT2D eigenvalue weighted by atomic mass is 35.5. The lowest BCUT2D eigenvalue weighted by Crippen LogP contribution is -2.14. The molecule has 0 aliphatic carbocycles. The van der Waals surface area contributed by atoms with E-state index in [0.29, 0.717) is 28.0 Å². The summed E-state index contributed by atoms with van der Waals surface area (Å²) in [6.45, 7) is 0.625. The summed E-state index contributed by atoms with van der Waals surface area (Å²) in [4.78, 5) is 20.4. The molecular formula is C18H14Cl2N4O. The van der Waals surface area contributed by atoms with E-state index in [-0.39, 0.29) is 5.91 Å². The van der Waals surface area contributed by atoms with Gasteiger partial charge in [-0.15, -0.1) is 0 Å². The number of nitrogens with zero attached hydrogens (tertiary/aromatic N) is 2. The van der Waals surface area contributed by atoms with Crippen molar-refractivity contribution in [2.45, 2.75) is 6.54 Å². The Bertz CT molecular complexity index is 887. The van der Waals surface area contributed by atoms with E-state index < -0.39 is 0 Å². The highest BCUT2D eigenvalue weighted by Gasteiger charge is 2.09. The SMILES string of the molecule is O=C(Nc1ccc(Cl)c(Cl)c1)c1cc(NCc2ccncc2)ccn1. The predicted octanol–water partition coefficient (Wildman–Crippen LogP) is 4.65. The van der Waals surface area contributed by atoms with E-state index in [2.05, 4.69) is 20.6 Å². The highest BCUT2D eigenvalue weighted by molar-refractivity contribution is 6.42. The van der Waals surface area contributed by atoms with Crippen LogP contribution in [0.2, 0.25) is 10.0 Å². The fourth-order valence-corrected chi connectivity index (χ4v) is 2.44. The van der Waals surface area contributed by atoms with Gasteiger partial charge in [0.1, 0.15) is 5.69 Å². The Morgan fingerprint density at radius 2 is 1.72 bits per heavy atom. The summed E-state index contributed by atoms with van der Waals surface area (Å²) in [5.41, 5.74) is 2.74. The Kier molecular flexibility index (Phi) is 5.48. The maximum Gasteiger partial charge on any atom is 0.274 e. The molecule has 0 atom stereocenters. The third-order valence-electron chi connectivity index (χ3n) is 3.42. The maximum atomic E-state index is 12.4. The Morgan fingerprint density at radius 1 is 0.920 bits per heavy atom. The number of hydrogen-bond donors (Lipinski definition) is 2. The molecule has 0 saturated carbocycles. The second-order valence-electron chi connectivity index (χ2n) is 5.22. The van der Waals surface area contributed by atoms with Crippen LogP contribution in [0.25, 0.3) is 0 Å². The van der Waals surface area contributed by atoms with Gasteiger partial charge in [-0.1, -0.05) is 23.2 Å². The fraction of sp³-hybridized carbons (Fsp3) is 0.0556. The molecule has 0 fully saturated rings. The van der Waals surface area contributed by atoms with Crippen molar-refractivity contribution >= 4 is 40.5 Å². The first-order valence-corrected chi connectivity index (χ1v) is 8.22. The van der Waals surface area contributed by atoms with E-state index in [0.717, 1.165) is 11.3 Å². The van der Waals surface area contributed by atoms with Gasteiger partial charge in [-0.2, -0.15) is 0 Å². The molecule has 7 heteroatoms. The van der Waals surface area contributed by atoms with Crippen LogP contribution in [0.15, 0.2) is 61.1 Å². The molecule has 1 aromatic carbocycles. The third-order valence-corrected chi connectivity index (χ3v) is 4.16. The molecule has 0 aliphatic rings. The first kappa shape index (κ1) is 17.2. The molecule has 1 amide bonds. The van der Waals surface area contributed by atoms with Crippen LogP contribution in [-0.2, 0) is 6.54 Å². The van der Waals surface area contributed by atoms with Crippen LogP contribution in [-0.4, -0.2) is 15.9 Å². The summed E-state index contributed by atoms with van der Waals surface area (Å²) in [5.74, 6) is -0.328. The number of amides is 1. The van der Waals surface area contributed by atoms with Crippen LogP contribution >= 0.6 is 23.2 Å². The number of pyridine rings is 2. The molecule has 2 N–H and O–H groups in total. The number of halogens is 2. The van der Waals surface area contributed by atoms with Gasteiger partial charge in [0.2, 0.25) is 0 Å². The molecule has 25 heavy (non-hydrogen) atoms. The fourth-order valence-electron chi connectivity index (χ4n) is 2.14. The zero-order chi connectivity index (χ0) is 17.6. The molecule has 0 radical (unpaired) electrons. The van der Waals surface area contributed by atoms with Crippen molar-refractivity contribution < 1.29 is 4.79 Å². The van der Waals surface area contributed by atoms with Crippen LogP contribution in [0.5, 0.6) is 0 Å². The van der Waals surface area contributed by atoms with Crippen LogP contribution in [0.1, 0.15) is 16.1 Å². The monoisotopic (exact) mass is 372 g/mol. The summed E-state index contributed by atoms with van der Waals surface area (Å²) >= 11 is 11.8. The molecule has 2 aromatic heterocycles. The van der Waals surface area contributed by atoms with E-state index in [1.165, 1.54) is 0 Å². The Labute approximate surface area is 155 Å². The maximum absolute atomic E-state index is 12.4. The molecule has 2 heterocycles.